The number of anilines is 1. The summed E-state index contributed by atoms with van der Waals surface area (Å²) in [5.74, 6) is -0.695. The third-order valence-corrected chi connectivity index (χ3v) is 10.2. The van der Waals surface area contributed by atoms with Gasteiger partial charge in [0.1, 0.15) is 17.2 Å². The summed E-state index contributed by atoms with van der Waals surface area (Å²) in [5, 5.41) is 4.27. The van der Waals surface area contributed by atoms with Crippen molar-refractivity contribution in [2.75, 3.05) is 24.7 Å². The van der Waals surface area contributed by atoms with Gasteiger partial charge in [0.15, 0.2) is 0 Å². The number of furan rings is 1. The van der Waals surface area contributed by atoms with Gasteiger partial charge >= 0.3 is 0 Å². The van der Waals surface area contributed by atoms with Gasteiger partial charge < -0.3 is 9.73 Å². The summed E-state index contributed by atoms with van der Waals surface area (Å²) in [6.07, 6.45) is 1.07. The van der Waals surface area contributed by atoms with Gasteiger partial charge in [0.2, 0.25) is 19.9 Å². The highest BCUT2D eigenvalue weighted by atomic mass is 32.2. The summed E-state index contributed by atoms with van der Waals surface area (Å²) in [7, 11) is -4.47. The maximum absolute atomic E-state index is 13.7. The molecule has 0 aliphatic carbocycles. The Balaban J connectivity index is 1.62. The van der Waals surface area contributed by atoms with Crippen LogP contribution in [0.15, 0.2) is 99.6 Å². The first kappa shape index (κ1) is 28.4. The summed E-state index contributed by atoms with van der Waals surface area (Å²) in [5.41, 5.74) is 3.96. The van der Waals surface area contributed by atoms with Crippen LogP contribution in [0.1, 0.15) is 21.5 Å². The van der Waals surface area contributed by atoms with E-state index in [9.17, 15) is 26.0 Å². The Kier molecular flexibility index (Phi) is 6.74. The van der Waals surface area contributed by atoms with E-state index in [1.165, 1.54) is 43.8 Å². The van der Waals surface area contributed by atoms with Crippen LogP contribution in [0.5, 0.6) is 0 Å². The fraction of sp³-hybridized carbons (Fsp3) is 0.0938. The van der Waals surface area contributed by atoms with Crippen molar-refractivity contribution in [1.82, 2.24) is 5.32 Å². The van der Waals surface area contributed by atoms with Crippen molar-refractivity contribution in [3.05, 3.63) is 113 Å². The molecule has 0 spiro atoms. The van der Waals surface area contributed by atoms with Gasteiger partial charge in [-0.25, -0.2) is 21.2 Å². The van der Waals surface area contributed by atoms with E-state index in [0.717, 1.165) is 10.6 Å². The van der Waals surface area contributed by atoms with E-state index in [0.29, 0.717) is 38.8 Å². The zero-order chi connectivity index (χ0) is 30.7. The summed E-state index contributed by atoms with van der Waals surface area (Å²) >= 11 is 0. The van der Waals surface area contributed by atoms with Crippen LogP contribution in [0.25, 0.3) is 39.0 Å². The van der Waals surface area contributed by atoms with Crippen LogP contribution in [0.2, 0.25) is 0 Å². The standard InChI is InChI=1S/C32H25FN2O6S2/c1-34-32(36)30-25-16-24(20-7-6-8-21(15-20)26-18-43(39,40)29-10-5-4-9-23(26)29)27(35(2)42(3,37)38)17-28(25)41-31(30)19-11-13-22(33)14-12-19/h4-18H,1-3H3,(H,34,36). The quantitative estimate of drug-likeness (QED) is 0.257. The van der Waals surface area contributed by atoms with Crippen molar-refractivity contribution >= 4 is 48.0 Å². The molecule has 43 heavy (non-hydrogen) atoms. The van der Waals surface area contributed by atoms with Gasteiger partial charge in [0.05, 0.1) is 22.4 Å². The number of benzene rings is 4. The lowest BCUT2D eigenvalue weighted by molar-refractivity contribution is 0.0964. The summed E-state index contributed by atoms with van der Waals surface area (Å²) < 4.78 is 72.1. The third-order valence-electron chi connectivity index (χ3n) is 7.44. The molecule has 0 radical (unpaired) electrons. The molecule has 0 unspecified atom stereocenters. The molecule has 8 nitrogen and oxygen atoms in total. The van der Waals surface area contributed by atoms with Crippen LogP contribution in [-0.4, -0.2) is 43.1 Å². The van der Waals surface area contributed by atoms with E-state index < -0.39 is 31.6 Å². The summed E-state index contributed by atoms with van der Waals surface area (Å²) in [4.78, 5) is 13.4. The number of hydrogen-bond acceptors (Lipinski definition) is 6. The Labute approximate surface area is 248 Å². The predicted octanol–water partition coefficient (Wildman–Crippen LogP) is 5.84. The van der Waals surface area contributed by atoms with Gasteiger partial charge in [0.25, 0.3) is 5.91 Å². The van der Waals surface area contributed by atoms with Crippen LogP contribution in [0.4, 0.5) is 10.1 Å². The van der Waals surface area contributed by atoms with Crippen LogP contribution in [0.3, 0.4) is 0 Å². The highest BCUT2D eigenvalue weighted by Crippen LogP contribution is 2.43. The van der Waals surface area contributed by atoms with E-state index in [2.05, 4.69) is 5.32 Å². The van der Waals surface area contributed by atoms with E-state index in [1.807, 2.05) is 0 Å². The van der Waals surface area contributed by atoms with Gasteiger partial charge in [-0.3, -0.25) is 9.10 Å². The largest absolute Gasteiger partial charge is 0.455 e. The number of fused-ring (bicyclic) bond motifs is 2. The van der Waals surface area contributed by atoms with E-state index in [-0.39, 0.29) is 27.5 Å². The first-order valence-electron chi connectivity index (χ1n) is 13.1. The molecule has 4 aromatic carbocycles. The number of sulfone groups is 1. The van der Waals surface area contributed by atoms with Crippen LogP contribution >= 0.6 is 0 Å². The number of sulfonamides is 1. The predicted molar refractivity (Wildman–Crippen MR) is 164 cm³/mol. The molecule has 0 saturated heterocycles. The molecule has 6 rings (SSSR count). The number of carbonyl (C=O) groups is 1. The molecule has 0 bridgehead atoms. The minimum Gasteiger partial charge on any atom is -0.455 e. The van der Waals surface area contributed by atoms with E-state index >= 15 is 0 Å². The molecule has 218 valence electrons. The molecule has 2 heterocycles. The first-order chi connectivity index (χ1) is 20.4. The Bertz CT molecular complexity index is 2200. The van der Waals surface area contributed by atoms with Crippen molar-refractivity contribution in [3.63, 3.8) is 0 Å². The number of nitrogens with zero attached hydrogens (tertiary/aromatic N) is 1. The number of carbonyl (C=O) groups excluding carboxylic acids is 1. The number of rotatable bonds is 6. The lowest BCUT2D eigenvalue weighted by Gasteiger charge is -2.21. The monoisotopic (exact) mass is 616 g/mol. The highest BCUT2D eigenvalue weighted by molar-refractivity contribution is 7.95. The van der Waals surface area contributed by atoms with Crippen molar-refractivity contribution in [3.8, 4) is 22.5 Å². The van der Waals surface area contributed by atoms with Crippen molar-refractivity contribution in [2.45, 2.75) is 4.90 Å². The van der Waals surface area contributed by atoms with Crippen LogP contribution < -0.4 is 9.62 Å². The Morgan fingerprint density at radius 2 is 1.58 bits per heavy atom. The summed E-state index contributed by atoms with van der Waals surface area (Å²) in [6, 6.07) is 22.6. The summed E-state index contributed by atoms with van der Waals surface area (Å²) in [6.45, 7) is 0. The van der Waals surface area contributed by atoms with Crippen LogP contribution in [0, 0.1) is 5.82 Å². The van der Waals surface area contributed by atoms with Crippen molar-refractivity contribution in [2.24, 2.45) is 0 Å². The molecule has 0 fully saturated rings. The second-order valence-corrected chi connectivity index (χ2v) is 13.9. The fourth-order valence-corrected chi connectivity index (χ4v) is 7.22. The Morgan fingerprint density at radius 1 is 0.884 bits per heavy atom. The molecular weight excluding hydrogens is 591 g/mol. The van der Waals surface area contributed by atoms with E-state index in [4.69, 9.17) is 4.42 Å². The van der Waals surface area contributed by atoms with E-state index in [1.54, 1.807) is 60.7 Å². The SMILES string of the molecule is CNC(=O)c1c(-c2ccc(F)cc2)oc2cc(N(C)S(C)(=O)=O)c(-c3cccc(C4=CS(=O)(=O)c5ccccc54)c3)cc12. The molecule has 1 aromatic heterocycles. The normalized spacial score (nSPS) is 13.9. The molecular formula is C32H25FN2O6S2. The van der Waals surface area contributed by atoms with Crippen molar-refractivity contribution < 1.29 is 30.4 Å². The second kappa shape index (κ2) is 10.2. The average Bonchev–Trinajstić information content (AvgIpc) is 3.50. The van der Waals surface area contributed by atoms with Gasteiger partial charge in [-0.05, 0) is 53.6 Å². The highest BCUT2D eigenvalue weighted by Gasteiger charge is 2.29. The number of hydrogen-bond donors (Lipinski definition) is 1. The van der Waals surface area contributed by atoms with Crippen LogP contribution in [-0.2, 0) is 19.9 Å². The maximum Gasteiger partial charge on any atom is 0.255 e. The Morgan fingerprint density at radius 3 is 2.28 bits per heavy atom. The van der Waals surface area contributed by atoms with Gasteiger partial charge in [0, 0.05) is 53.2 Å². The molecule has 0 saturated carbocycles. The molecule has 1 amide bonds. The number of amides is 1. The minimum atomic E-state index is -3.74. The average molecular weight is 617 g/mol. The zero-order valence-electron chi connectivity index (χ0n) is 23.3. The molecule has 5 aromatic rings. The lowest BCUT2D eigenvalue weighted by Crippen LogP contribution is -2.25. The molecule has 1 aliphatic heterocycles. The molecule has 11 heteroatoms. The minimum absolute atomic E-state index is 0.200. The first-order valence-corrected chi connectivity index (χ1v) is 16.5. The van der Waals surface area contributed by atoms with Crippen molar-refractivity contribution in [1.29, 1.82) is 0 Å². The second-order valence-electron chi connectivity index (χ2n) is 10.1. The fourth-order valence-electron chi connectivity index (χ4n) is 5.25. The maximum atomic E-state index is 13.7. The lowest BCUT2D eigenvalue weighted by atomic mass is 9.94. The number of halogens is 1. The van der Waals surface area contributed by atoms with Gasteiger partial charge in [-0.1, -0.05) is 36.4 Å². The zero-order valence-corrected chi connectivity index (χ0v) is 24.9. The topological polar surface area (TPSA) is 114 Å². The third kappa shape index (κ3) is 4.90. The number of nitrogens with one attached hydrogen (secondary N) is 1. The molecule has 0 atom stereocenters. The van der Waals surface area contributed by atoms with Gasteiger partial charge in [-0.15, -0.1) is 0 Å². The Hall–Kier alpha value is -4.74. The van der Waals surface area contributed by atoms with Gasteiger partial charge in [-0.2, -0.15) is 0 Å². The smallest absolute Gasteiger partial charge is 0.255 e. The molecule has 1 N–H and O–H groups in total. The molecule has 1 aliphatic rings.